The number of phenols is 1. The topological polar surface area (TPSA) is 90.2 Å². The Bertz CT molecular complexity index is 698. The summed E-state index contributed by atoms with van der Waals surface area (Å²) in [4.78, 5) is 23.4. The zero-order valence-corrected chi connectivity index (χ0v) is 11.0. The van der Waals surface area contributed by atoms with Crippen molar-refractivity contribution in [2.24, 2.45) is 0 Å². The number of nitriles is 1. The van der Waals surface area contributed by atoms with E-state index in [0.29, 0.717) is 16.8 Å². The average molecular weight is 280 g/mol. The number of carbonyl (C=O) groups is 2. The second kappa shape index (κ2) is 6.35. The molecule has 0 atom stereocenters. The molecule has 0 aliphatic heterocycles. The number of benzene rings is 2. The molecule has 0 saturated heterocycles. The lowest BCUT2D eigenvalue weighted by molar-refractivity contribution is -0.115. The molecule has 2 rings (SSSR count). The lowest BCUT2D eigenvalue weighted by Crippen LogP contribution is -2.10. The SMILES string of the molecule is N#CCC(=O)Nc1ccc(C(=O)c2ccc(O)cc2)cc1. The van der Waals surface area contributed by atoms with Gasteiger partial charge in [-0.15, -0.1) is 0 Å². The average Bonchev–Trinajstić information content (AvgIpc) is 2.48. The van der Waals surface area contributed by atoms with E-state index in [0.717, 1.165) is 0 Å². The van der Waals surface area contributed by atoms with E-state index in [2.05, 4.69) is 5.32 Å². The molecular formula is C16H12N2O3. The summed E-state index contributed by atoms with van der Waals surface area (Å²) in [6, 6.07) is 14.1. The van der Waals surface area contributed by atoms with E-state index in [-0.39, 0.29) is 18.0 Å². The summed E-state index contributed by atoms with van der Waals surface area (Å²) in [5.74, 6) is -0.470. The quantitative estimate of drug-likeness (QED) is 0.842. The predicted octanol–water partition coefficient (Wildman–Crippen LogP) is 2.48. The lowest BCUT2D eigenvalue weighted by atomic mass is 10.0. The third kappa shape index (κ3) is 3.67. The highest BCUT2D eigenvalue weighted by atomic mass is 16.3. The number of nitrogens with one attached hydrogen (secondary N) is 1. The minimum Gasteiger partial charge on any atom is -0.508 e. The summed E-state index contributed by atoms with van der Waals surface area (Å²) in [5.41, 5.74) is 1.46. The van der Waals surface area contributed by atoms with E-state index < -0.39 is 5.91 Å². The van der Waals surface area contributed by atoms with Gasteiger partial charge >= 0.3 is 0 Å². The van der Waals surface area contributed by atoms with Crippen LogP contribution >= 0.6 is 0 Å². The first-order chi connectivity index (χ1) is 10.1. The van der Waals surface area contributed by atoms with E-state index in [1.54, 1.807) is 42.5 Å². The third-order valence-corrected chi connectivity index (χ3v) is 2.80. The van der Waals surface area contributed by atoms with Crippen LogP contribution in [-0.4, -0.2) is 16.8 Å². The molecule has 0 saturated carbocycles. The van der Waals surface area contributed by atoms with Crippen LogP contribution in [0.1, 0.15) is 22.3 Å². The van der Waals surface area contributed by atoms with E-state index in [1.165, 1.54) is 12.1 Å². The van der Waals surface area contributed by atoms with E-state index in [9.17, 15) is 14.7 Å². The summed E-state index contributed by atoms with van der Waals surface area (Å²) in [6.45, 7) is 0. The van der Waals surface area contributed by atoms with Gasteiger partial charge in [-0.05, 0) is 48.5 Å². The Labute approximate surface area is 121 Å². The maximum atomic E-state index is 12.2. The van der Waals surface area contributed by atoms with Crippen LogP contribution in [0.3, 0.4) is 0 Å². The molecule has 2 aromatic rings. The van der Waals surface area contributed by atoms with E-state index >= 15 is 0 Å². The number of phenolic OH excluding ortho intramolecular Hbond substituents is 1. The molecule has 0 unspecified atom stereocenters. The van der Waals surface area contributed by atoms with Crippen LogP contribution in [0.4, 0.5) is 5.69 Å². The van der Waals surface area contributed by atoms with Crippen LogP contribution < -0.4 is 5.32 Å². The molecule has 0 fully saturated rings. The van der Waals surface area contributed by atoms with Gasteiger partial charge in [0.1, 0.15) is 12.2 Å². The molecule has 21 heavy (non-hydrogen) atoms. The van der Waals surface area contributed by atoms with Crippen LogP contribution in [0.25, 0.3) is 0 Å². The summed E-state index contributed by atoms with van der Waals surface area (Å²) in [7, 11) is 0. The Morgan fingerprint density at radius 3 is 2.05 bits per heavy atom. The standard InChI is InChI=1S/C16H12N2O3/c17-10-9-15(20)18-13-5-1-11(2-6-13)16(21)12-3-7-14(19)8-4-12/h1-8,19H,9H2,(H,18,20). The molecule has 2 N–H and O–H groups in total. The molecule has 0 bridgehead atoms. The van der Waals surface area contributed by atoms with Crippen LogP contribution in [0.2, 0.25) is 0 Å². The van der Waals surface area contributed by atoms with Gasteiger partial charge in [0.05, 0.1) is 6.07 Å². The van der Waals surface area contributed by atoms with Crippen molar-refractivity contribution in [2.45, 2.75) is 6.42 Å². The molecule has 2 aromatic carbocycles. The van der Waals surface area contributed by atoms with Gasteiger partial charge in [-0.3, -0.25) is 9.59 Å². The first-order valence-electron chi connectivity index (χ1n) is 6.21. The highest BCUT2D eigenvalue weighted by Crippen LogP contribution is 2.16. The minimum atomic E-state index is -0.393. The predicted molar refractivity (Wildman–Crippen MR) is 76.8 cm³/mol. The second-order valence-electron chi connectivity index (χ2n) is 4.34. The Morgan fingerprint density at radius 1 is 1.00 bits per heavy atom. The van der Waals surface area contributed by atoms with Crippen molar-refractivity contribution < 1.29 is 14.7 Å². The van der Waals surface area contributed by atoms with Gasteiger partial charge in [-0.1, -0.05) is 0 Å². The van der Waals surface area contributed by atoms with Crippen molar-refractivity contribution >= 4 is 17.4 Å². The number of hydrogen-bond acceptors (Lipinski definition) is 4. The third-order valence-electron chi connectivity index (χ3n) is 2.80. The van der Waals surface area contributed by atoms with Gasteiger partial charge in [0.15, 0.2) is 5.78 Å². The highest BCUT2D eigenvalue weighted by Gasteiger charge is 2.09. The first-order valence-corrected chi connectivity index (χ1v) is 6.21. The van der Waals surface area contributed by atoms with Crippen molar-refractivity contribution in [3.63, 3.8) is 0 Å². The maximum Gasteiger partial charge on any atom is 0.238 e. The van der Waals surface area contributed by atoms with Crippen molar-refractivity contribution in [1.82, 2.24) is 0 Å². The molecule has 5 heteroatoms. The van der Waals surface area contributed by atoms with Crippen molar-refractivity contribution in [2.75, 3.05) is 5.32 Å². The smallest absolute Gasteiger partial charge is 0.238 e. The lowest BCUT2D eigenvalue weighted by Gasteiger charge is -2.05. The molecule has 0 aliphatic rings. The minimum absolute atomic E-state index is 0.0992. The first kappa shape index (κ1) is 14.3. The number of nitrogens with zero attached hydrogens (tertiary/aromatic N) is 1. The number of rotatable bonds is 4. The number of hydrogen-bond donors (Lipinski definition) is 2. The molecule has 0 spiro atoms. The molecular weight excluding hydrogens is 268 g/mol. The normalized spacial score (nSPS) is 9.67. The zero-order valence-electron chi connectivity index (χ0n) is 11.0. The van der Waals surface area contributed by atoms with Gasteiger partial charge < -0.3 is 10.4 Å². The Kier molecular flexibility index (Phi) is 4.32. The Morgan fingerprint density at radius 2 is 1.52 bits per heavy atom. The summed E-state index contributed by atoms with van der Waals surface area (Å²) in [6.07, 6.45) is -0.214. The van der Waals surface area contributed by atoms with Gasteiger partial charge in [-0.2, -0.15) is 5.26 Å². The molecule has 0 aliphatic carbocycles. The molecule has 5 nitrogen and oxygen atoms in total. The molecule has 0 radical (unpaired) electrons. The largest absolute Gasteiger partial charge is 0.508 e. The molecule has 1 amide bonds. The van der Waals surface area contributed by atoms with Crippen molar-refractivity contribution in [1.29, 1.82) is 5.26 Å². The Balaban J connectivity index is 2.11. The van der Waals surface area contributed by atoms with Crippen LogP contribution in [-0.2, 0) is 4.79 Å². The van der Waals surface area contributed by atoms with Crippen molar-refractivity contribution in [3.05, 3.63) is 59.7 Å². The monoisotopic (exact) mass is 280 g/mol. The fourth-order valence-corrected chi connectivity index (χ4v) is 1.76. The second-order valence-corrected chi connectivity index (χ2v) is 4.34. The molecule has 0 aromatic heterocycles. The number of carbonyl (C=O) groups excluding carboxylic acids is 2. The number of ketones is 1. The van der Waals surface area contributed by atoms with Gasteiger partial charge in [0.2, 0.25) is 5.91 Å². The maximum absolute atomic E-state index is 12.2. The molecule has 104 valence electrons. The van der Waals surface area contributed by atoms with Gasteiger partial charge in [0, 0.05) is 16.8 Å². The fraction of sp³-hybridized carbons (Fsp3) is 0.0625. The number of anilines is 1. The molecule has 0 heterocycles. The van der Waals surface area contributed by atoms with E-state index in [4.69, 9.17) is 5.26 Å². The summed E-state index contributed by atoms with van der Waals surface area (Å²) < 4.78 is 0. The summed E-state index contributed by atoms with van der Waals surface area (Å²) >= 11 is 0. The summed E-state index contributed by atoms with van der Waals surface area (Å²) in [5, 5.41) is 20.2. The highest BCUT2D eigenvalue weighted by molar-refractivity contribution is 6.09. The van der Waals surface area contributed by atoms with Gasteiger partial charge in [0.25, 0.3) is 0 Å². The van der Waals surface area contributed by atoms with E-state index in [1.807, 2.05) is 0 Å². The van der Waals surface area contributed by atoms with Crippen LogP contribution in [0.15, 0.2) is 48.5 Å². The zero-order chi connectivity index (χ0) is 15.2. The van der Waals surface area contributed by atoms with Crippen molar-refractivity contribution in [3.8, 4) is 11.8 Å². The fourth-order valence-electron chi connectivity index (χ4n) is 1.76. The van der Waals surface area contributed by atoms with Crippen LogP contribution in [0, 0.1) is 11.3 Å². The van der Waals surface area contributed by atoms with Crippen LogP contribution in [0.5, 0.6) is 5.75 Å². The number of amides is 1. The Hall–Kier alpha value is -3.13. The number of aromatic hydroxyl groups is 1. The van der Waals surface area contributed by atoms with Gasteiger partial charge in [-0.25, -0.2) is 0 Å².